The summed E-state index contributed by atoms with van der Waals surface area (Å²) in [5, 5.41) is 15.0. The Hall–Kier alpha value is -1.45. The predicted octanol–water partition coefficient (Wildman–Crippen LogP) is 2.67. The minimum Gasteiger partial charge on any atom is -0.390 e. The number of nitrogens with one attached hydrogen (secondary N) is 1. The van der Waals surface area contributed by atoms with E-state index in [1.807, 2.05) is 24.4 Å². The summed E-state index contributed by atoms with van der Waals surface area (Å²) in [6.07, 6.45) is 6.63. The summed E-state index contributed by atoms with van der Waals surface area (Å²) in [7, 11) is 0. The molecule has 0 unspecified atom stereocenters. The zero-order valence-electron chi connectivity index (χ0n) is 11.8. The van der Waals surface area contributed by atoms with E-state index in [9.17, 15) is 5.11 Å². The van der Waals surface area contributed by atoms with Gasteiger partial charge in [0.1, 0.15) is 0 Å². The topological polar surface area (TPSA) is 45.2 Å². The van der Waals surface area contributed by atoms with Gasteiger partial charge >= 0.3 is 0 Å². The highest BCUT2D eigenvalue weighted by molar-refractivity contribution is 5.78. The lowest BCUT2D eigenvalue weighted by Gasteiger charge is -2.32. The van der Waals surface area contributed by atoms with Gasteiger partial charge in [0.2, 0.25) is 0 Å². The zero-order chi connectivity index (χ0) is 13.8. The molecule has 1 aromatic heterocycles. The van der Waals surface area contributed by atoms with Gasteiger partial charge < -0.3 is 10.4 Å². The average molecular weight is 270 g/mol. The summed E-state index contributed by atoms with van der Waals surface area (Å²) in [5.41, 5.74) is 1.87. The van der Waals surface area contributed by atoms with Gasteiger partial charge in [-0.3, -0.25) is 4.98 Å². The van der Waals surface area contributed by atoms with E-state index in [0.29, 0.717) is 0 Å². The minimum absolute atomic E-state index is 0.449. The molecule has 3 heteroatoms. The lowest BCUT2D eigenvalue weighted by Crippen LogP contribution is -2.41. The van der Waals surface area contributed by atoms with Crippen LogP contribution in [0.3, 0.4) is 0 Å². The number of aromatic nitrogens is 1. The Labute approximate surface area is 120 Å². The number of aryl methyl sites for hydroxylation is 1. The number of piperidine rings is 1. The van der Waals surface area contributed by atoms with E-state index in [-0.39, 0.29) is 0 Å². The SMILES string of the molecule is OC1(CCCc2cnc3ccccc3c2)CCNCC1. The molecule has 0 aliphatic carbocycles. The van der Waals surface area contributed by atoms with Crippen molar-refractivity contribution in [2.24, 2.45) is 0 Å². The van der Waals surface area contributed by atoms with Crippen molar-refractivity contribution in [3.05, 3.63) is 42.1 Å². The Bertz CT molecular complexity index is 576. The average Bonchev–Trinajstić information content (AvgIpc) is 2.48. The van der Waals surface area contributed by atoms with Crippen molar-refractivity contribution in [2.75, 3.05) is 13.1 Å². The third-order valence-electron chi connectivity index (χ3n) is 4.29. The fourth-order valence-corrected chi connectivity index (χ4v) is 3.02. The Morgan fingerprint density at radius 1 is 1.20 bits per heavy atom. The highest BCUT2D eigenvalue weighted by atomic mass is 16.3. The quantitative estimate of drug-likeness (QED) is 0.898. The van der Waals surface area contributed by atoms with Crippen LogP contribution in [0.25, 0.3) is 10.9 Å². The molecule has 0 saturated carbocycles. The van der Waals surface area contributed by atoms with Crippen LogP contribution in [-0.4, -0.2) is 28.8 Å². The van der Waals surface area contributed by atoms with E-state index in [4.69, 9.17) is 0 Å². The second-order valence-corrected chi connectivity index (χ2v) is 5.86. The first-order chi connectivity index (χ1) is 9.75. The highest BCUT2D eigenvalue weighted by Crippen LogP contribution is 2.25. The lowest BCUT2D eigenvalue weighted by molar-refractivity contribution is 0.000919. The standard InChI is InChI=1S/C17H22N2O/c20-17(8-10-18-11-9-17)7-3-4-14-12-15-5-1-2-6-16(15)19-13-14/h1-2,5-6,12-13,18,20H,3-4,7-11H2. The molecule has 1 aliphatic rings. The fourth-order valence-electron chi connectivity index (χ4n) is 3.02. The van der Waals surface area contributed by atoms with Gasteiger partial charge in [-0.2, -0.15) is 0 Å². The Kier molecular flexibility index (Phi) is 3.99. The van der Waals surface area contributed by atoms with E-state index in [0.717, 1.165) is 50.7 Å². The number of para-hydroxylation sites is 1. The molecule has 1 aliphatic heterocycles. The van der Waals surface area contributed by atoms with Gasteiger partial charge in [-0.1, -0.05) is 18.2 Å². The first-order valence-corrected chi connectivity index (χ1v) is 7.52. The zero-order valence-corrected chi connectivity index (χ0v) is 11.8. The van der Waals surface area contributed by atoms with Crippen LogP contribution >= 0.6 is 0 Å². The van der Waals surface area contributed by atoms with Gasteiger partial charge in [-0.05, 0) is 62.9 Å². The highest BCUT2D eigenvalue weighted by Gasteiger charge is 2.28. The summed E-state index contributed by atoms with van der Waals surface area (Å²) in [5.74, 6) is 0. The number of fused-ring (bicyclic) bond motifs is 1. The molecule has 0 amide bonds. The van der Waals surface area contributed by atoms with E-state index < -0.39 is 5.60 Å². The van der Waals surface area contributed by atoms with Crippen LogP contribution < -0.4 is 5.32 Å². The number of aliphatic hydroxyl groups is 1. The van der Waals surface area contributed by atoms with Crippen molar-refractivity contribution < 1.29 is 5.11 Å². The van der Waals surface area contributed by atoms with E-state index in [1.165, 1.54) is 10.9 Å². The molecule has 0 spiro atoms. The van der Waals surface area contributed by atoms with Gasteiger partial charge in [0.15, 0.2) is 0 Å². The van der Waals surface area contributed by atoms with Crippen LogP contribution in [0.4, 0.5) is 0 Å². The van der Waals surface area contributed by atoms with Crippen LogP contribution in [0.1, 0.15) is 31.2 Å². The molecule has 0 radical (unpaired) electrons. The Balaban J connectivity index is 1.59. The molecule has 1 aromatic carbocycles. The van der Waals surface area contributed by atoms with Crippen LogP contribution in [-0.2, 0) is 6.42 Å². The minimum atomic E-state index is -0.449. The van der Waals surface area contributed by atoms with Crippen molar-refractivity contribution in [2.45, 2.75) is 37.7 Å². The summed E-state index contributed by atoms with van der Waals surface area (Å²) in [6.45, 7) is 1.88. The first kappa shape index (κ1) is 13.5. The molecule has 1 saturated heterocycles. The third kappa shape index (κ3) is 3.17. The number of hydrogen-bond donors (Lipinski definition) is 2. The van der Waals surface area contributed by atoms with E-state index >= 15 is 0 Å². The molecule has 3 nitrogen and oxygen atoms in total. The maximum atomic E-state index is 10.5. The second-order valence-electron chi connectivity index (χ2n) is 5.86. The van der Waals surface area contributed by atoms with Crippen LogP contribution in [0.2, 0.25) is 0 Å². The fraction of sp³-hybridized carbons (Fsp3) is 0.471. The lowest BCUT2D eigenvalue weighted by atomic mass is 9.87. The molecular formula is C17H22N2O. The molecule has 106 valence electrons. The van der Waals surface area contributed by atoms with Crippen molar-refractivity contribution in [3.8, 4) is 0 Å². The molecule has 2 N–H and O–H groups in total. The van der Waals surface area contributed by atoms with Gasteiger partial charge in [0.05, 0.1) is 11.1 Å². The largest absolute Gasteiger partial charge is 0.390 e. The van der Waals surface area contributed by atoms with Gasteiger partial charge in [-0.25, -0.2) is 0 Å². The van der Waals surface area contributed by atoms with Gasteiger partial charge in [0, 0.05) is 11.6 Å². The van der Waals surface area contributed by atoms with Crippen molar-refractivity contribution >= 4 is 10.9 Å². The number of benzene rings is 1. The predicted molar refractivity (Wildman–Crippen MR) is 81.7 cm³/mol. The van der Waals surface area contributed by atoms with Crippen molar-refractivity contribution in [1.82, 2.24) is 10.3 Å². The molecule has 20 heavy (non-hydrogen) atoms. The number of nitrogens with zero attached hydrogens (tertiary/aromatic N) is 1. The van der Waals surface area contributed by atoms with Crippen molar-refractivity contribution in [3.63, 3.8) is 0 Å². The maximum Gasteiger partial charge on any atom is 0.0702 e. The summed E-state index contributed by atoms with van der Waals surface area (Å²) < 4.78 is 0. The smallest absolute Gasteiger partial charge is 0.0702 e. The van der Waals surface area contributed by atoms with Gasteiger partial charge in [-0.15, -0.1) is 0 Å². The first-order valence-electron chi connectivity index (χ1n) is 7.52. The molecule has 1 fully saturated rings. The molecule has 2 heterocycles. The molecule has 2 aromatic rings. The molecular weight excluding hydrogens is 248 g/mol. The summed E-state index contributed by atoms with van der Waals surface area (Å²) >= 11 is 0. The van der Waals surface area contributed by atoms with Gasteiger partial charge in [0.25, 0.3) is 0 Å². The molecule has 3 rings (SSSR count). The monoisotopic (exact) mass is 270 g/mol. The maximum absolute atomic E-state index is 10.5. The summed E-state index contributed by atoms with van der Waals surface area (Å²) in [4.78, 5) is 4.49. The number of hydrogen-bond acceptors (Lipinski definition) is 3. The van der Waals surface area contributed by atoms with Crippen LogP contribution in [0, 0.1) is 0 Å². The Morgan fingerprint density at radius 2 is 2.00 bits per heavy atom. The van der Waals surface area contributed by atoms with Crippen LogP contribution in [0.5, 0.6) is 0 Å². The number of pyridine rings is 1. The summed E-state index contributed by atoms with van der Waals surface area (Å²) in [6, 6.07) is 10.4. The Morgan fingerprint density at radius 3 is 2.85 bits per heavy atom. The van der Waals surface area contributed by atoms with Crippen molar-refractivity contribution in [1.29, 1.82) is 0 Å². The van der Waals surface area contributed by atoms with Crippen LogP contribution in [0.15, 0.2) is 36.5 Å². The molecule has 0 bridgehead atoms. The number of rotatable bonds is 4. The van der Waals surface area contributed by atoms with E-state index in [2.05, 4.69) is 22.4 Å². The molecule has 0 atom stereocenters. The van der Waals surface area contributed by atoms with E-state index in [1.54, 1.807) is 0 Å². The third-order valence-corrected chi connectivity index (χ3v) is 4.29. The normalized spacial score (nSPS) is 18.2. The second kappa shape index (κ2) is 5.90.